The van der Waals surface area contributed by atoms with Gasteiger partial charge >= 0.3 is 6.18 Å². The molecule has 6 heteroatoms. The van der Waals surface area contributed by atoms with E-state index in [1.807, 2.05) is 47.0 Å². The second kappa shape index (κ2) is 7.20. The van der Waals surface area contributed by atoms with Crippen LogP contribution < -0.4 is 9.47 Å². The standard InChI is InChI=1S/C23H18F3NO2/c1-28-21-12-11-18(14-22(21)29-2)27-19-6-4-3-5-16(19)13-20(27)15-7-9-17(10-8-15)23(24,25)26/h3-14H,1-2H3. The van der Waals surface area contributed by atoms with E-state index in [0.29, 0.717) is 17.1 Å². The number of ether oxygens (including phenoxy) is 2. The molecule has 0 saturated carbocycles. The summed E-state index contributed by atoms with van der Waals surface area (Å²) in [5, 5.41) is 0.984. The monoisotopic (exact) mass is 397 g/mol. The molecule has 3 aromatic carbocycles. The number of hydrogen-bond acceptors (Lipinski definition) is 2. The Balaban J connectivity index is 1.92. The van der Waals surface area contributed by atoms with Gasteiger partial charge in [0.1, 0.15) is 0 Å². The molecule has 0 amide bonds. The summed E-state index contributed by atoms with van der Waals surface area (Å²) in [7, 11) is 3.13. The van der Waals surface area contributed by atoms with Crippen molar-refractivity contribution in [3.05, 3.63) is 78.4 Å². The summed E-state index contributed by atoms with van der Waals surface area (Å²) in [5.74, 6) is 1.17. The summed E-state index contributed by atoms with van der Waals surface area (Å²) in [4.78, 5) is 0. The van der Waals surface area contributed by atoms with Crippen molar-refractivity contribution in [1.82, 2.24) is 4.57 Å². The Morgan fingerprint density at radius 3 is 2.10 bits per heavy atom. The lowest BCUT2D eigenvalue weighted by molar-refractivity contribution is -0.137. The second-order valence-electron chi connectivity index (χ2n) is 6.54. The zero-order valence-corrected chi connectivity index (χ0v) is 15.8. The molecular weight excluding hydrogens is 379 g/mol. The Bertz CT molecular complexity index is 1160. The van der Waals surface area contributed by atoms with E-state index in [2.05, 4.69) is 0 Å². The maximum absolute atomic E-state index is 13.0. The Morgan fingerprint density at radius 2 is 1.45 bits per heavy atom. The fraction of sp³-hybridized carbons (Fsp3) is 0.130. The molecule has 1 heterocycles. The van der Waals surface area contributed by atoms with Crippen LogP contribution in [0, 0.1) is 0 Å². The van der Waals surface area contributed by atoms with Crippen molar-refractivity contribution in [2.24, 2.45) is 0 Å². The van der Waals surface area contributed by atoms with E-state index in [0.717, 1.165) is 34.4 Å². The highest BCUT2D eigenvalue weighted by Crippen LogP contribution is 2.37. The molecule has 1 aromatic heterocycles. The summed E-state index contributed by atoms with van der Waals surface area (Å²) in [6, 6.07) is 20.5. The molecule has 0 unspecified atom stereocenters. The largest absolute Gasteiger partial charge is 0.493 e. The summed E-state index contributed by atoms with van der Waals surface area (Å²) < 4.78 is 51.6. The first-order valence-corrected chi connectivity index (χ1v) is 8.93. The molecule has 3 nitrogen and oxygen atoms in total. The lowest BCUT2D eigenvalue weighted by Gasteiger charge is -2.15. The average Bonchev–Trinajstić information content (AvgIpc) is 3.12. The summed E-state index contributed by atoms with van der Waals surface area (Å²) in [6.45, 7) is 0. The van der Waals surface area contributed by atoms with Crippen molar-refractivity contribution < 1.29 is 22.6 Å². The first-order chi connectivity index (χ1) is 13.9. The van der Waals surface area contributed by atoms with Crippen molar-refractivity contribution in [2.75, 3.05) is 14.2 Å². The molecule has 0 bridgehead atoms. The van der Waals surface area contributed by atoms with Crippen LogP contribution in [0.5, 0.6) is 11.5 Å². The Kier molecular flexibility index (Phi) is 4.70. The SMILES string of the molecule is COc1ccc(-n2c(-c3ccc(C(F)(F)F)cc3)cc3ccccc32)cc1OC. The van der Waals surface area contributed by atoms with E-state index in [9.17, 15) is 13.2 Å². The van der Waals surface area contributed by atoms with E-state index < -0.39 is 11.7 Å². The molecule has 148 valence electrons. The Hall–Kier alpha value is -3.41. The van der Waals surface area contributed by atoms with E-state index in [4.69, 9.17) is 9.47 Å². The second-order valence-corrected chi connectivity index (χ2v) is 6.54. The van der Waals surface area contributed by atoms with E-state index in [-0.39, 0.29) is 0 Å². The van der Waals surface area contributed by atoms with Crippen LogP contribution >= 0.6 is 0 Å². The first-order valence-electron chi connectivity index (χ1n) is 8.93. The van der Waals surface area contributed by atoms with Crippen LogP contribution in [0.4, 0.5) is 13.2 Å². The summed E-state index contributed by atoms with van der Waals surface area (Å²) in [5.41, 5.74) is 2.56. The number of para-hydroxylation sites is 1. The maximum Gasteiger partial charge on any atom is 0.416 e. The number of fused-ring (bicyclic) bond motifs is 1. The molecular formula is C23H18F3NO2. The number of halogens is 3. The molecule has 4 rings (SSSR count). The predicted octanol–water partition coefficient (Wildman–Crippen LogP) is 6.33. The van der Waals surface area contributed by atoms with Gasteiger partial charge in [-0.2, -0.15) is 13.2 Å². The van der Waals surface area contributed by atoms with E-state index in [1.54, 1.807) is 20.3 Å². The van der Waals surface area contributed by atoms with Crippen LogP contribution in [0.25, 0.3) is 27.8 Å². The van der Waals surface area contributed by atoms with Crippen LogP contribution in [0.15, 0.2) is 72.8 Å². The number of alkyl halides is 3. The van der Waals surface area contributed by atoms with Gasteiger partial charge in [-0.3, -0.25) is 0 Å². The highest BCUT2D eigenvalue weighted by Gasteiger charge is 2.30. The van der Waals surface area contributed by atoms with Crippen LogP contribution in [0.2, 0.25) is 0 Å². The van der Waals surface area contributed by atoms with Gasteiger partial charge in [0.05, 0.1) is 36.7 Å². The normalized spacial score (nSPS) is 11.6. The van der Waals surface area contributed by atoms with Gasteiger partial charge < -0.3 is 14.0 Å². The quantitative estimate of drug-likeness (QED) is 0.401. The number of methoxy groups -OCH3 is 2. The number of nitrogens with zero attached hydrogens (tertiary/aromatic N) is 1. The molecule has 0 spiro atoms. The van der Waals surface area contributed by atoms with Gasteiger partial charge in [-0.05, 0) is 42.0 Å². The number of benzene rings is 3. The van der Waals surface area contributed by atoms with Crippen LogP contribution in [-0.4, -0.2) is 18.8 Å². The van der Waals surface area contributed by atoms with E-state index >= 15 is 0 Å². The van der Waals surface area contributed by atoms with Gasteiger partial charge in [0.2, 0.25) is 0 Å². The molecule has 0 saturated heterocycles. The van der Waals surface area contributed by atoms with Gasteiger partial charge in [-0.25, -0.2) is 0 Å². The van der Waals surface area contributed by atoms with Gasteiger partial charge in [-0.1, -0.05) is 30.3 Å². The molecule has 0 radical (unpaired) electrons. The Labute approximate surface area is 165 Å². The van der Waals surface area contributed by atoms with Gasteiger partial charge in [0.15, 0.2) is 11.5 Å². The third kappa shape index (κ3) is 3.42. The number of rotatable bonds is 4. The molecule has 0 aliphatic heterocycles. The highest BCUT2D eigenvalue weighted by molar-refractivity contribution is 5.89. The highest BCUT2D eigenvalue weighted by atomic mass is 19.4. The average molecular weight is 397 g/mol. The minimum atomic E-state index is -4.37. The van der Waals surface area contributed by atoms with E-state index in [1.165, 1.54) is 12.1 Å². The smallest absolute Gasteiger partial charge is 0.416 e. The molecule has 0 aliphatic carbocycles. The number of aromatic nitrogens is 1. The fourth-order valence-corrected chi connectivity index (χ4v) is 3.44. The maximum atomic E-state index is 13.0. The zero-order chi connectivity index (χ0) is 20.6. The minimum absolute atomic E-state index is 0.571. The van der Waals surface area contributed by atoms with Crippen molar-refractivity contribution >= 4 is 10.9 Å². The molecule has 0 aliphatic rings. The molecule has 4 aromatic rings. The third-order valence-electron chi connectivity index (χ3n) is 4.84. The fourth-order valence-electron chi connectivity index (χ4n) is 3.44. The van der Waals surface area contributed by atoms with Crippen LogP contribution in [0.3, 0.4) is 0 Å². The zero-order valence-electron chi connectivity index (χ0n) is 15.8. The summed E-state index contributed by atoms with van der Waals surface area (Å²) >= 11 is 0. The van der Waals surface area contributed by atoms with Gasteiger partial charge in [-0.15, -0.1) is 0 Å². The minimum Gasteiger partial charge on any atom is -0.493 e. The Morgan fingerprint density at radius 1 is 0.759 bits per heavy atom. The molecule has 0 fully saturated rings. The number of hydrogen-bond donors (Lipinski definition) is 0. The first kappa shape index (κ1) is 18.9. The van der Waals surface area contributed by atoms with Crippen molar-refractivity contribution in [3.8, 4) is 28.4 Å². The van der Waals surface area contributed by atoms with Gasteiger partial charge in [0, 0.05) is 11.5 Å². The van der Waals surface area contributed by atoms with Crippen molar-refractivity contribution in [1.29, 1.82) is 0 Å². The third-order valence-corrected chi connectivity index (χ3v) is 4.84. The van der Waals surface area contributed by atoms with Gasteiger partial charge in [0.25, 0.3) is 0 Å². The molecule has 0 atom stereocenters. The van der Waals surface area contributed by atoms with Crippen molar-refractivity contribution in [3.63, 3.8) is 0 Å². The lowest BCUT2D eigenvalue weighted by Crippen LogP contribution is -2.04. The topological polar surface area (TPSA) is 23.4 Å². The molecule has 0 N–H and O–H groups in total. The van der Waals surface area contributed by atoms with Crippen LogP contribution in [0.1, 0.15) is 5.56 Å². The predicted molar refractivity (Wildman–Crippen MR) is 107 cm³/mol. The van der Waals surface area contributed by atoms with Crippen LogP contribution in [-0.2, 0) is 6.18 Å². The molecule has 29 heavy (non-hydrogen) atoms. The summed E-state index contributed by atoms with van der Waals surface area (Å²) in [6.07, 6.45) is -4.37. The van der Waals surface area contributed by atoms with Crippen molar-refractivity contribution in [2.45, 2.75) is 6.18 Å². The lowest BCUT2D eigenvalue weighted by atomic mass is 10.1.